The van der Waals surface area contributed by atoms with Crippen molar-refractivity contribution in [3.05, 3.63) is 34.2 Å². The third-order valence-corrected chi connectivity index (χ3v) is 2.81. The molecule has 0 fully saturated rings. The summed E-state index contributed by atoms with van der Waals surface area (Å²) in [7, 11) is 0. The first-order valence-corrected chi connectivity index (χ1v) is 6.87. The van der Waals surface area contributed by atoms with E-state index in [0.717, 1.165) is 17.6 Å². The van der Waals surface area contributed by atoms with Crippen molar-refractivity contribution in [2.75, 3.05) is 19.7 Å². The fourth-order valence-corrected chi connectivity index (χ4v) is 1.86. The van der Waals surface area contributed by atoms with Crippen LogP contribution in [0.1, 0.15) is 37.0 Å². The second kappa shape index (κ2) is 8.08. The van der Waals surface area contributed by atoms with E-state index in [9.17, 15) is 14.4 Å². The molecule has 1 heterocycles. The molecule has 116 valence electrons. The van der Waals surface area contributed by atoms with Crippen LogP contribution in [0.15, 0.2) is 23.1 Å². The molecule has 0 radical (unpaired) electrons. The Morgan fingerprint density at radius 2 is 1.90 bits per heavy atom. The molecule has 0 aromatic carbocycles. The molecule has 0 atom stereocenters. The van der Waals surface area contributed by atoms with Gasteiger partial charge in [0.15, 0.2) is 6.61 Å². The molecule has 1 amide bonds. The Hall–Kier alpha value is -2.31. The second-order valence-electron chi connectivity index (χ2n) is 4.51. The normalized spacial score (nSPS) is 10.2. The van der Waals surface area contributed by atoms with Crippen LogP contribution in [0.2, 0.25) is 0 Å². The molecule has 0 aliphatic heterocycles. The predicted octanol–water partition coefficient (Wildman–Crippen LogP) is 0.624. The number of carbonyl (C=O) groups excluding carboxylic acids is 1. The molecule has 0 bridgehead atoms. The second-order valence-corrected chi connectivity index (χ2v) is 4.51. The van der Waals surface area contributed by atoms with Gasteiger partial charge >= 0.3 is 5.97 Å². The molecule has 1 N–H and O–H groups in total. The molecule has 1 aromatic heterocycles. The largest absolute Gasteiger partial charge is 0.477 e. The van der Waals surface area contributed by atoms with E-state index in [0.29, 0.717) is 13.1 Å². The van der Waals surface area contributed by atoms with Crippen LogP contribution < -0.4 is 10.4 Å². The van der Waals surface area contributed by atoms with E-state index in [1.54, 1.807) is 4.90 Å². The number of carboxylic acids is 1. The molecular formula is C14H20N2O5. The summed E-state index contributed by atoms with van der Waals surface area (Å²) in [5, 5.41) is 8.85. The highest BCUT2D eigenvalue weighted by atomic mass is 16.7. The van der Waals surface area contributed by atoms with Crippen molar-refractivity contribution in [1.29, 1.82) is 0 Å². The first-order chi connectivity index (χ1) is 10.0. The van der Waals surface area contributed by atoms with Crippen LogP contribution in [0.4, 0.5) is 0 Å². The molecule has 0 aliphatic carbocycles. The Kier molecular flexibility index (Phi) is 6.45. The van der Waals surface area contributed by atoms with E-state index in [1.165, 1.54) is 18.3 Å². The zero-order valence-corrected chi connectivity index (χ0v) is 12.2. The van der Waals surface area contributed by atoms with E-state index in [4.69, 9.17) is 9.94 Å². The number of pyridine rings is 1. The monoisotopic (exact) mass is 296 g/mol. The van der Waals surface area contributed by atoms with E-state index in [-0.39, 0.29) is 12.5 Å². The Labute approximate surface area is 122 Å². The van der Waals surface area contributed by atoms with E-state index < -0.39 is 17.1 Å². The summed E-state index contributed by atoms with van der Waals surface area (Å²) in [6.07, 6.45) is 2.95. The number of hydrogen-bond acceptors (Lipinski definition) is 4. The minimum Gasteiger partial charge on any atom is -0.477 e. The van der Waals surface area contributed by atoms with Crippen LogP contribution in [0.3, 0.4) is 0 Å². The van der Waals surface area contributed by atoms with Gasteiger partial charge in [0.05, 0.1) is 0 Å². The van der Waals surface area contributed by atoms with E-state index >= 15 is 0 Å². The van der Waals surface area contributed by atoms with Crippen molar-refractivity contribution >= 4 is 11.9 Å². The molecule has 0 spiro atoms. The van der Waals surface area contributed by atoms with Crippen molar-refractivity contribution in [2.45, 2.75) is 26.7 Å². The average molecular weight is 296 g/mol. The summed E-state index contributed by atoms with van der Waals surface area (Å²) in [5.74, 6) is -1.56. The van der Waals surface area contributed by atoms with Gasteiger partial charge in [-0.1, -0.05) is 13.8 Å². The number of aromatic nitrogens is 1. The number of aromatic carboxylic acids is 1. The average Bonchev–Trinajstić information content (AvgIpc) is 2.45. The van der Waals surface area contributed by atoms with Crippen molar-refractivity contribution in [1.82, 2.24) is 9.63 Å². The van der Waals surface area contributed by atoms with Gasteiger partial charge in [-0.15, -0.1) is 0 Å². The van der Waals surface area contributed by atoms with E-state index in [1.807, 2.05) is 13.8 Å². The Balaban J connectivity index is 2.75. The number of carboxylic acid groups (broad SMARTS) is 1. The third kappa shape index (κ3) is 4.62. The van der Waals surface area contributed by atoms with Gasteiger partial charge in [-0.3, -0.25) is 9.59 Å². The maximum absolute atomic E-state index is 12.0. The van der Waals surface area contributed by atoms with Crippen LogP contribution in [0.25, 0.3) is 0 Å². The summed E-state index contributed by atoms with van der Waals surface area (Å²) in [4.78, 5) is 41.4. The minimum atomic E-state index is -1.33. The van der Waals surface area contributed by atoms with Crippen LogP contribution in [0.5, 0.6) is 0 Å². The number of amides is 1. The topological polar surface area (TPSA) is 88.8 Å². The zero-order valence-electron chi connectivity index (χ0n) is 12.2. The molecule has 0 unspecified atom stereocenters. The Bertz CT molecular complexity index is 547. The SMILES string of the molecule is CCCN(CCC)C(=O)COn1cccc(C(=O)O)c1=O. The van der Waals surface area contributed by atoms with E-state index in [2.05, 4.69) is 0 Å². The Morgan fingerprint density at radius 1 is 1.29 bits per heavy atom. The van der Waals surface area contributed by atoms with Gasteiger partial charge in [-0.2, -0.15) is 4.73 Å². The molecule has 7 nitrogen and oxygen atoms in total. The fraction of sp³-hybridized carbons (Fsp3) is 0.500. The van der Waals surface area contributed by atoms with Crippen molar-refractivity contribution in [3.8, 4) is 0 Å². The predicted molar refractivity (Wildman–Crippen MR) is 76.3 cm³/mol. The third-order valence-electron chi connectivity index (χ3n) is 2.81. The highest BCUT2D eigenvalue weighted by molar-refractivity contribution is 5.86. The minimum absolute atomic E-state index is 0.230. The molecular weight excluding hydrogens is 276 g/mol. The summed E-state index contributed by atoms with van der Waals surface area (Å²) in [6.45, 7) is 4.89. The highest BCUT2D eigenvalue weighted by Gasteiger charge is 2.15. The highest BCUT2D eigenvalue weighted by Crippen LogP contribution is 1.96. The van der Waals surface area contributed by atoms with Gasteiger partial charge in [0.2, 0.25) is 0 Å². The molecule has 0 aliphatic rings. The van der Waals surface area contributed by atoms with Gasteiger partial charge in [0, 0.05) is 19.3 Å². The molecule has 1 rings (SSSR count). The van der Waals surface area contributed by atoms with Gasteiger partial charge < -0.3 is 14.8 Å². The molecule has 21 heavy (non-hydrogen) atoms. The number of hydrogen-bond donors (Lipinski definition) is 1. The lowest BCUT2D eigenvalue weighted by Gasteiger charge is -2.21. The van der Waals surface area contributed by atoms with Gasteiger partial charge in [0.25, 0.3) is 11.5 Å². The Morgan fingerprint density at radius 3 is 2.43 bits per heavy atom. The van der Waals surface area contributed by atoms with Gasteiger partial charge in [-0.05, 0) is 25.0 Å². The van der Waals surface area contributed by atoms with Crippen LogP contribution in [-0.2, 0) is 4.79 Å². The van der Waals surface area contributed by atoms with Gasteiger partial charge in [-0.25, -0.2) is 4.79 Å². The fourth-order valence-electron chi connectivity index (χ4n) is 1.86. The standard InChI is InChI=1S/C14H20N2O5/c1-3-7-15(8-4-2)12(17)10-21-16-9-5-6-11(13(16)18)14(19)20/h5-6,9H,3-4,7-8,10H2,1-2H3,(H,19,20). The summed E-state index contributed by atoms with van der Waals surface area (Å²) >= 11 is 0. The van der Waals surface area contributed by atoms with Crippen molar-refractivity contribution in [3.63, 3.8) is 0 Å². The number of nitrogens with zero attached hydrogens (tertiary/aromatic N) is 2. The zero-order chi connectivity index (χ0) is 15.8. The quantitative estimate of drug-likeness (QED) is 0.760. The van der Waals surface area contributed by atoms with Crippen LogP contribution in [-0.4, -0.2) is 46.3 Å². The molecule has 0 saturated carbocycles. The lowest BCUT2D eigenvalue weighted by Crippen LogP contribution is -2.40. The molecule has 1 aromatic rings. The summed E-state index contributed by atoms with van der Waals surface area (Å²) < 4.78 is 0.775. The smallest absolute Gasteiger partial charge is 0.341 e. The summed E-state index contributed by atoms with van der Waals surface area (Å²) in [6, 6.07) is 2.57. The van der Waals surface area contributed by atoms with Crippen molar-refractivity contribution < 1.29 is 19.5 Å². The molecule has 7 heteroatoms. The molecule has 0 saturated heterocycles. The maximum atomic E-state index is 12.0. The lowest BCUT2D eigenvalue weighted by molar-refractivity contribution is -0.136. The van der Waals surface area contributed by atoms with Crippen LogP contribution in [0, 0.1) is 0 Å². The van der Waals surface area contributed by atoms with Gasteiger partial charge in [0.1, 0.15) is 5.56 Å². The number of rotatable bonds is 8. The summed E-state index contributed by atoms with van der Waals surface area (Å²) in [5.41, 5.74) is -1.20. The first kappa shape index (κ1) is 16.7. The van der Waals surface area contributed by atoms with Crippen molar-refractivity contribution in [2.24, 2.45) is 0 Å². The lowest BCUT2D eigenvalue weighted by atomic mass is 10.3. The maximum Gasteiger partial charge on any atom is 0.341 e. The number of carbonyl (C=O) groups is 2. The first-order valence-electron chi connectivity index (χ1n) is 6.87. The van der Waals surface area contributed by atoms with Crippen LogP contribution >= 0.6 is 0 Å².